The number of benzene rings is 5. The van der Waals surface area contributed by atoms with E-state index in [1.54, 1.807) is 60.7 Å². The van der Waals surface area contributed by atoms with Gasteiger partial charge in [0.2, 0.25) is 5.91 Å². The number of rotatable bonds is 10. The van der Waals surface area contributed by atoms with Crippen LogP contribution in [0.2, 0.25) is 0 Å². The van der Waals surface area contributed by atoms with Crippen LogP contribution in [0, 0.1) is 0 Å². The largest absolute Gasteiger partial charge is 0.321 e. The number of anilines is 2. The zero-order valence-electron chi connectivity index (χ0n) is 26.2. The number of amides is 4. The van der Waals surface area contributed by atoms with E-state index in [0.29, 0.717) is 16.9 Å². The molecule has 0 saturated carbocycles. The number of nitrogens with one attached hydrogen (secondary N) is 3. The molecule has 242 valence electrons. The van der Waals surface area contributed by atoms with Crippen molar-refractivity contribution in [3.05, 3.63) is 156 Å². The number of hydrogen-bond acceptors (Lipinski definition) is 6. The Morgan fingerprint density at radius 1 is 0.735 bits per heavy atom. The van der Waals surface area contributed by atoms with Gasteiger partial charge in [0.25, 0.3) is 17.7 Å². The van der Waals surface area contributed by atoms with E-state index < -0.39 is 11.8 Å². The SMILES string of the molecule is O=C(CSc1cccc(NC(=O)/C(=C\c2ccc(-c3ccccc3)cc2)NC(=O)c2ccccc2)c1)NC1=NN(c2ccccc2)C(=O)C1. The lowest BCUT2D eigenvalue weighted by molar-refractivity contribution is -0.117. The quantitative estimate of drug-likeness (QED) is 0.113. The van der Waals surface area contributed by atoms with Gasteiger partial charge in [-0.1, -0.05) is 97.1 Å². The Morgan fingerprint density at radius 3 is 2.10 bits per heavy atom. The molecule has 0 atom stereocenters. The Morgan fingerprint density at radius 2 is 1.39 bits per heavy atom. The first-order chi connectivity index (χ1) is 23.9. The molecule has 1 heterocycles. The summed E-state index contributed by atoms with van der Waals surface area (Å²) in [5.74, 6) is -1.12. The topological polar surface area (TPSA) is 120 Å². The predicted molar refractivity (Wildman–Crippen MR) is 194 cm³/mol. The Labute approximate surface area is 287 Å². The highest BCUT2D eigenvalue weighted by Crippen LogP contribution is 2.24. The Hall–Kier alpha value is -6.26. The van der Waals surface area contributed by atoms with Crippen molar-refractivity contribution >= 4 is 58.7 Å². The third-order valence-electron chi connectivity index (χ3n) is 7.38. The molecular weight excluding hydrogens is 635 g/mol. The molecule has 0 aliphatic carbocycles. The van der Waals surface area contributed by atoms with Crippen molar-refractivity contribution in [3.63, 3.8) is 0 Å². The second kappa shape index (κ2) is 15.6. The molecule has 5 aromatic rings. The van der Waals surface area contributed by atoms with Gasteiger partial charge in [0.05, 0.1) is 17.9 Å². The van der Waals surface area contributed by atoms with Crippen molar-refractivity contribution < 1.29 is 19.2 Å². The zero-order chi connectivity index (χ0) is 34.0. The number of para-hydroxylation sites is 1. The lowest BCUT2D eigenvalue weighted by Gasteiger charge is -2.12. The van der Waals surface area contributed by atoms with Crippen molar-refractivity contribution in [1.82, 2.24) is 10.6 Å². The van der Waals surface area contributed by atoms with E-state index in [0.717, 1.165) is 21.6 Å². The van der Waals surface area contributed by atoms with Crippen molar-refractivity contribution in [2.45, 2.75) is 11.3 Å². The van der Waals surface area contributed by atoms with Gasteiger partial charge >= 0.3 is 0 Å². The maximum atomic E-state index is 13.6. The average Bonchev–Trinajstić information content (AvgIpc) is 3.51. The van der Waals surface area contributed by atoms with Gasteiger partial charge < -0.3 is 16.0 Å². The molecule has 0 radical (unpaired) electrons. The van der Waals surface area contributed by atoms with Gasteiger partial charge in [0.1, 0.15) is 11.5 Å². The average molecular weight is 666 g/mol. The van der Waals surface area contributed by atoms with Gasteiger partial charge in [-0.2, -0.15) is 10.1 Å². The summed E-state index contributed by atoms with van der Waals surface area (Å²) in [5.41, 5.74) is 4.42. The summed E-state index contributed by atoms with van der Waals surface area (Å²) in [6.45, 7) is 0. The Kier molecular flexibility index (Phi) is 10.4. The number of amidine groups is 1. The first kappa shape index (κ1) is 32.7. The smallest absolute Gasteiger partial charge is 0.272 e. The minimum atomic E-state index is -0.511. The number of carbonyl (C=O) groups excluding carboxylic acids is 4. The van der Waals surface area contributed by atoms with Crippen molar-refractivity contribution in [2.24, 2.45) is 5.10 Å². The highest BCUT2D eigenvalue weighted by molar-refractivity contribution is 8.00. The number of carbonyl (C=O) groups is 4. The van der Waals surface area contributed by atoms with Gasteiger partial charge in [-0.05, 0) is 65.2 Å². The summed E-state index contributed by atoms with van der Waals surface area (Å²) in [7, 11) is 0. The second-order valence-corrected chi connectivity index (χ2v) is 12.0. The van der Waals surface area contributed by atoms with Crippen molar-refractivity contribution in [1.29, 1.82) is 0 Å². The number of hydrazone groups is 1. The van der Waals surface area contributed by atoms with Crippen LogP contribution in [0.5, 0.6) is 0 Å². The van der Waals surface area contributed by atoms with Crippen LogP contribution in [0.4, 0.5) is 11.4 Å². The molecule has 10 heteroatoms. The standard InChI is InChI=1S/C39H31N5O4S/c45-36(42-35-25-37(46)44(43-35)32-16-8-3-9-17-32)26-49-33-18-10-15-31(24-33)40-39(48)34(41-38(47)30-13-6-2-7-14-30)23-27-19-21-29(22-20-27)28-11-4-1-5-12-28/h1-24H,25-26H2,(H,40,48)(H,41,47)(H,42,43,45)/b34-23+. The molecule has 6 rings (SSSR count). The third kappa shape index (κ3) is 8.76. The van der Waals surface area contributed by atoms with Crippen LogP contribution in [-0.2, 0) is 14.4 Å². The minimum Gasteiger partial charge on any atom is -0.321 e. The minimum absolute atomic E-state index is 0.000645. The van der Waals surface area contributed by atoms with Crippen LogP contribution in [-0.4, -0.2) is 35.2 Å². The summed E-state index contributed by atoms with van der Waals surface area (Å²) in [5, 5.41) is 13.9. The normalized spacial score (nSPS) is 12.7. The van der Waals surface area contributed by atoms with Crippen LogP contribution in [0.15, 0.2) is 155 Å². The maximum Gasteiger partial charge on any atom is 0.272 e. The Bertz CT molecular complexity index is 2030. The molecule has 0 bridgehead atoms. The molecule has 9 nitrogen and oxygen atoms in total. The molecule has 0 unspecified atom stereocenters. The Balaban J connectivity index is 1.12. The van der Waals surface area contributed by atoms with E-state index in [9.17, 15) is 19.2 Å². The van der Waals surface area contributed by atoms with Crippen LogP contribution in [0.3, 0.4) is 0 Å². The highest BCUT2D eigenvalue weighted by Gasteiger charge is 2.26. The summed E-state index contributed by atoms with van der Waals surface area (Å²) in [6, 6.07) is 42.4. The molecular formula is C39H31N5O4S. The van der Waals surface area contributed by atoms with Crippen molar-refractivity contribution in [3.8, 4) is 11.1 Å². The van der Waals surface area contributed by atoms with Crippen LogP contribution < -0.4 is 21.0 Å². The van der Waals surface area contributed by atoms with E-state index in [4.69, 9.17) is 0 Å². The monoisotopic (exact) mass is 665 g/mol. The van der Waals surface area contributed by atoms with Crippen LogP contribution in [0.1, 0.15) is 22.3 Å². The van der Waals surface area contributed by atoms with E-state index in [1.165, 1.54) is 16.8 Å². The molecule has 5 aromatic carbocycles. The summed E-state index contributed by atoms with van der Waals surface area (Å²) < 4.78 is 0. The van der Waals surface area contributed by atoms with Gasteiger partial charge in [-0.15, -0.1) is 11.8 Å². The third-order valence-corrected chi connectivity index (χ3v) is 8.37. The van der Waals surface area contributed by atoms with Gasteiger partial charge in [0, 0.05) is 16.1 Å². The first-order valence-corrected chi connectivity index (χ1v) is 16.4. The number of nitrogens with zero attached hydrogens (tertiary/aromatic N) is 2. The van der Waals surface area contributed by atoms with Gasteiger partial charge in [0.15, 0.2) is 0 Å². The second-order valence-electron chi connectivity index (χ2n) is 10.9. The fourth-order valence-corrected chi connectivity index (χ4v) is 5.74. The highest BCUT2D eigenvalue weighted by atomic mass is 32.2. The lowest BCUT2D eigenvalue weighted by Crippen LogP contribution is -2.31. The van der Waals surface area contributed by atoms with E-state index in [1.807, 2.05) is 84.9 Å². The lowest BCUT2D eigenvalue weighted by atomic mass is 10.0. The fourth-order valence-electron chi connectivity index (χ4n) is 4.99. The summed E-state index contributed by atoms with van der Waals surface area (Å²) in [6.07, 6.45) is 1.63. The predicted octanol–water partition coefficient (Wildman–Crippen LogP) is 6.72. The maximum absolute atomic E-state index is 13.6. The molecule has 1 aliphatic heterocycles. The molecule has 0 fully saturated rings. The molecule has 0 spiro atoms. The number of thioether (sulfide) groups is 1. The van der Waals surface area contributed by atoms with Gasteiger partial charge in [-0.25, -0.2) is 0 Å². The van der Waals surface area contributed by atoms with Crippen molar-refractivity contribution in [2.75, 3.05) is 16.1 Å². The van der Waals surface area contributed by atoms with Crippen LogP contribution in [0.25, 0.3) is 17.2 Å². The first-order valence-electron chi connectivity index (χ1n) is 15.4. The van der Waals surface area contributed by atoms with Gasteiger partial charge in [-0.3, -0.25) is 19.2 Å². The molecule has 0 saturated heterocycles. The molecule has 1 aliphatic rings. The zero-order valence-corrected chi connectivity index (χ0v) is 27.0. The fraction of sp³-hybridized carbons (Fsp3) is 0.0513. The molecule has 3 N–H and O–H groups in total. The van der Waals surface area contributed by atoms with E-state index in [2.05, 4.69) is 21.1 Å². The summed E-state index contributed by atoms with van der Waals surface area (Å²) >= 11 is 1.27. The van der Waals surface area contributed by atoms with E-state index >= 15 is 0 Å². The molecule has 4 amide bonds. The van der Waals surface area contributed by atoms with Crippen LogP contribution >= 0.6 is 11.8 Å². The van der Waals surface area contributed by atoms with E-state index in [-0.39, 0.29) is 35.5 Å². The summed E-state index contributed by atoms with van der Waals surface area (Å²) in [4.78, 5) is 52.5. The molecule has 0 aromatic heterocycles. The molecule has 49 heavy (non-hydrogen) atoms. The number of hydrogen-bond donors (Lipinski definition) is 3.